The molecule has 0 saturated carbocycles. The monoisotopic (exact) mass is 302 g/mol. The largest absolute Gasteiger partial charge is 0.416 e. The van der Waals surface area contributed by atoms with Crippen LogP contribution in [0.25, 0.3) is 0 Å². The normalized spacial score (nSPS) is 21.3. The van der Waals surface area contributed by atoms with E-state index in [4.69, 9.17) is 4.74 Å². The van der Waals surface area contributed by atoms with Crippen LogP contribution in [0.5, 0.6) is 0 Å². The molecule has 2 rings (SSSR count). The van der Waals surface area contributed by atoms with Gasteiger partial charge < -0.3 is 9.84 Å². The Morgan fingerprint density at radius 2 is 2.10 bits per heavy atom. The van der Waals surface area contributed by atoms with E-state index in [1.807, 2.05) is 0 Å². The Bertz CT molecular complexity index is 465. The fraction of sp³-hybridized carbons (Fsp3) is 0.625. The number of aliphatic hydroxyl groups excluding tert-OH is 1. The van der Waals surface area contributed by atoms with Crippen molar-refractivity contribution in [1.82, 2.24) is 0 Å². The van der Waals surface area contributed by atoms with Crippen LogP contribution in [-0.2, 0) is 10.9 Å². The van der Waals surface area contributed by atoms with Gasteiger partial charge in [-0.15, -0.1) is 0 Å². The van der Waals surface area contributed by atoms with Gasteiger partial charge in [0.2, 0.25) is 0 Å². The number of alkyl halides is 3. The van der Waals surface area contributed by atoms with Gasteiger partial charge in [-0.25, -0.2) is 0 Å². The Morgan fingerprint density at radius 3 is 2.67 bits per heavy atom. The van der Waals surface area contributed by atoms with Crippen molar-refractivity contribution in [2.75, 3.05) is 6.61 Å². The van der Waals surface area contributed by atoms with Gasteiger partial charge in [-0.1, -0.05) is 6.07 Å². The van der Waals surface area contributed by atoms with E-state index in [9.17, 15) is 18.3 Å². The molecule has 2 nitrogen and oxygen atoms in total. The van der Waals surface area contributed by atoms with E-state index in [1.165, 1.54) is 6.07 Å². The van der Waals surface area contributed by atoms with Gasteiger partial charge in [-0.3, -0.25) is 0 Å². The van der Waals surface area contributed by atoms with Crippen LogP contribution in [0.2, 0.25) is 0 Å². The second-order valence-corrected chi connectivity index (χ2v) is 5.65. The molecule has 2 unspecified atom stereocenters. The van der Waals surface area contributed by atoms with Crippen LogP contribution in [0.15, 0.2) is 18.2 Å². The van der Waals surface area contributed by atoms with Crippen molar-refractivity contribution in [2.45, 2.75) is 57.4 Å². The van der Waals surface area contributed by atoms with Gasteiger partial charge >= 0.3 is 6.18 Å². The molecule has 1 aromatic rings. The fourth-order valence-electron chi connectivity index (χ4n) is 2.76. The Morgan fingerprint density at radius 1 is 1.33 bits per heavy atom. The minimum atomic E-state index is -4.34. The second kappa shape index (κ2) is 6.79. The molecule has 118 valence electrons. The molecule has 0 aliphatic carbocycles. The van der Waals surface area contributed by atoms with Gasteiger partial charge in [0.05, 0.1) is 17.8 Å². The first kappa shape index (κ1) is 16.3. The lowest BCUT2D eigenvalue weighted by molar-refractivity contribution is -0.137. The molecule has 1 saturated heterocycles. The van der Waals surface area contributed by atoms with Gasteiger partial charge in [0, 0.05) is 6.61 Å². The smallest absolute Gasteiger partial charge is 0.388 e. The Hall–Kier alpha value is -1.07. The number of benzene rings is 1. The number of halogens is 3. The molecule has 2 atom stereocenters. The van der Waals surface area contributed by atoms with E-state index >= 15 is 0 Å². The molecule has 0 spiro atoms. The third kappa shape index (κ3) is 4.45. The molecule has 1 aliphatic rings. The Balaban J connectivity index is 1.97. The predicted octanol–water partition coefficient (Wildman–Crippen LogP) is 4.40. The molecule has 1 aromatic carbocycles. The number of hydrogen-bond donors (Lipinski definition) is 1. The summed E-state index contributed by atoms with van der Waals surface area (Å²) in [5, 5.41) is 10.2. The molecule has 1 fully saturated rings. The molecule has 0 aromatic heterocycles. The number of rotatable bonds is 4. The zero-order valence-corrected chi connectivity index (χ0v) is 12.1. The quantitative estimate of drug-likeness (QED) is 0.893. The van der Waals surface area contributed by atoms with E-state index in [0.717, 1.165) is 44.4 Å². The molecule has 1 heterocycles. The Kier molecular flexibility index (Phi) is 5.27. The number of aliphatic hydroxyl groups is 1. The van der Waals surface area contributed by atoms with Crippen molar-refractivity contribution in [2.24, 2.45) is 0 Å². The first-order valence-corrected chi connectivity index (χ1v) is 7.35. The maximum atomic E-state index is 12.6. The van der Waals surface area contributed by atoms with Crippen LogP contribution in [0.4, 0.5) is 13.2 Å². The number of ether oxygens (including phenoxy) is 1. The van der Waals surface area contributed by atoms with Crippen LogP contribution in [0.3, 0.4) is 0 Å². The minimum absolute atomic E-state index is 0.170. The molecular formula is C16H21F3O2. The average Bonchev–Trinajstić information content (AvgIpc) is 2.45. The number of hydrogen-bond acceptors (Lipinski definition) is 2. The summed E-state index contributed by atoms with van der Waals surface area (Å²) in [5.41, 5.74) is 0.368. The minimum Gasteiger partial charge on any atom is -0.388 e. The molecule has 0 radical (unpaired) electrons. The third-order valence-electron chi connectivity index (χ3n) is 3.99. The van der Waals surface area contributed by atoms with Crippen molar-refractivity contribution in [3.05, 3.63) is 34.9 Å². The third-order valence-corrected chi connectivity index (χ3v) is 3.99. The summed E-state index contributed by atoms with van der Waals surface area (Å²) in [5.74, 6) is 0. The molecule has 1 N–H and O–H groups in total. The van der Waals surface area contributed by atoms with Crippen LogP contribution >= 0.6 is 0 Å². The summed E-state index contributed by atoms with van der Waals surface area (Å²) in [6.07, 6.45) is -0.445. The van der Waals surface area contributed by atoms with Crippen molar-refractivity contribution in [1.29, 1.82) is 0 Å². The van der Waals surface area contributed by atoms with E-state index in [1.54, 1.807) is 6.92 Å². The van der Waals surface area contributed by atoms with E-state index < -0.39 is 17.8 Å². The van der Waals surface area contributed by atoms with Gasteiger partial charge in [0.25, 0.3) is 0 Å². The Labute approximate surface area is 122 Å². The highest BCUT2D eigenvalue weighted by molar-refractivity contribution is 5.33. The van der Waals surface area contributed by atoms with Crippen molar-refractivity contribution in [3.8, 4) is 0 Å². The van der Waals surface area contributed by atoms with Gasteiger partial charge in [0.15, 0.2) is 0 Å². The van der Waals surface area contributed by atoms with Crippen molar-refractivity contribution < 1.29 is 23.0 Å². The number of aryl methyl sites for hydroxylation is 1. The summed E-state index contributed by atoms with van der Waals surface area (Å²) < 4.78 is 43.4. The zero-order valence-electron chi connectivity index (χ0n) is 12.1. The van der Waals surface area contributed by atoms with Gasteiger partial charge in [-0.2, -0.15) is 13.2 Å². The second-order valence-electron chi connectivity index (χ2n) is 5.65. The first-order valence-electron chi connectivity index (χ1n) is 7.35. The SMILES string of the molecule is Cc1cc(C(F)(F)F)ccc1C(O)CCC1CCCCO1. The topological polar surface area (TPSA) is 29.5 Å². The average molecular weight is 302 g/mol. The highest BCUT2D eigenvalue weighted by atomic mass is 19.4. The highest BCUT2D eigenvalue weighted by Crippen LogP contribution is 2.32. The van der Waals surface area contributed by atoms with Gasteiger partial charge in [0.1, 0.15) is 0 Å². The van der Waals surface area contributed by atoms with E-state index in [2.05, 4.69) is 0 Å². The van der Waals surface area contributed by atoms with Crippen LogP contribution < -0.4 is 0 Å². The summed E-state index contributed by atoms with van der Waals surface area (Å²) in [4.78, 5) is 0. The predicted molar refractivity (Wildman–Crippen MR) is 74.0 cm³/mol. The van der Waals surface area contributed by atoms with E-state index in [0.29, 0.717) is 17.5 Å². The standard InChI is InChI=1S/C16H21F3O2/c1-11-10-12(16(17,18)19)5-7-14(11)15(20)8-6-13-4-2-3-9-21-13/h5,7,10,13,15,20H,2-4,6,8-9H2,1H3. The summed E-state index contributed by atoms with van der Waals surface area (Å²) >= 11 is 0. The molecular weight excluding hydrogens is 281 g/mol. The lowest BCUT2D eigenvalue weighted by Gasteiger charge is -2.24. The molecule has 0 amide bonds. The van der Waals surface area contributed by atoms with Crippen LogP contribution in [0, 0.1) is 6.92 Å². The summed E-state index contributed by atoms with van der Waals surface area (Å²) in [7, 11) is 0. The highest BCUT2D eigenvalue weighted by Gasteiger charge is 2.31. The van der Waals surface area contributed by atoms with Crippen LogP contribution in [-0.4, -0.2) is 17.8 Å². The lowest BCUT2D eigenvalue weighted by atomic mass is 9.95. The zero-order chi connectivity index (χ0) is 15.5. The maximum Gasteiger partial charge on any atom is 0.416 e. The first-order chi connectivity index (χ1) is 9.88. The van der Waals surface area contributed by atoms with Crippen molar-refractivity contribution >= 4 is 0 Å². The van der Waals surface area contributed by atoms with Crippen LogP contribution in [0.1, 0.15) is 54.9 Å². The maximum absolute atomic E-state index is 12.6. The molecule has 21 heavy (non-hydrogen) atoms. The summed E-state index contributed by atoms with van der Waals surface area (Å²) in [6, 6.07) is 3.50. The molecule has 0 bridgehead atoms. The van der Waals surface area contributed by atoms with Crippen molar-refractivity contribution in [3.63, 3.8) is 0 Å². The van der Waals surface area contributed by atoms with Gasteiger partial charge in [-0.05, 0) is 62.3 Å². The summed E-state index contributed by atoms with van der Waals surface area (Å²) in [6.45, 7) is 2.37. The molecule has 1 aliphatic heterocycles. The lowest BCUT2D eigenvalue weighted by Crippen LogP contribution is -2.19. The van der Waals surface area contributed by atoms with E-state index in [-0.39, 0.29) is 6.10 Å². The molecule has 5 heteroatoms. The fourth-order valence-corrected chi connectivity index (χ4v) is 2.76.